The first-order valence-electron chi connectivity index (χ1n) is 8.27. The maximum Gasteiger partial charge on any atom is 0.219 e. The van der Waals surface area contributed by atoms with Crippen molar-refractivity contribution in [1.29, 1.82) is 0 Å². The number of nitrogens with two attached hydrogens (primary N) is 1. The Morgan fingerprint density at radius 3 is 2.26 bits per heavy atom. The first-order chi connectivity index (χ1) is 12.7. The molecule has 140 valence electrons. The lowest BCUT2D eigenvalue weighted by Gasteiger charge is -2.27. The number of aromatic nitrogens is 1. The van der Waals surface area contributed by atoms with E-state index in [9.17, 15) is 13.2 Å². The molecule has 1 heterocycles. The normalized spacial score (nSPS) is 13.9. The van der Waals surface area contributed by atoms with Crippen LogP contribution in [-0.4, -0.2) is 19.2 Å². The second kappa shape index (κ2) is 7.31. The third-order valence-electron chi connectivity index (χ3n) is 4.64. The van der Waals surface area contributed by atoms with Gasteiger partial charge in [-0.25, -0.2) is 13.6 Å². The molecule has 7 heteroatoms. The molecule has 1 aromatic heterocycles. The van der Waals surface area contributed by atoms with Crippen molar-refractivity contribution < 1.29 is 13.2 Å². The number of ketones is 1. The highest BCUT2D eigenvalue weighted by Gasteiger charge is 2.39. The van der Waals surface area contributed by atoms with Crippen LogP contribution in [0.4, 0.5) is 0 Å². The minimum absolute atomic E-state index is 0.115. The van der Waals surface area contributed by atoms with Gasteiger partial charge >= 0.3 is 0 Å². The Balaban J connectivity index is 1.91. The van der Waals surface area contributed by atoms with E-state index in [2.05, 4.69) is 4.98 Å². The Labute approximate surface area is 163 Å². The van der Waals surface area contributed by atoms with Crippen molar-refractivity contribution in [3.63, 3.8) is 0 Å². The molecule has 0 saturated heterocycles. The summed E-state index contributed by atoms with van der Waals surface area (Å²) in [5, 5.41) is 6.09. The van der Waals surface area contributed by atoms with Crippen molar-refractivity contribution in [2.75, 3.05) is 0 Å². The molecule has 3 aromatic rings. The van der Waals surface area contributed by atoms with Crippen molar-refractivity contribution in [2.45, 2.75) is 18.1 Å². The monoisotopic (exact) mass is 402 g/mol. The van der Waals surface area contributed by atoms with Gasteiger partial charge in [-0.1, -0.05) is 41.9 Å². The lowest BCUT2D eigenvalue weighted by molar-refractivity contribution is 0.103. The Morgan fingerprint density at radius 2 is 1.67 bits per heavy atom. The summed E-state index contributed by atoms with van der Waals surface area (Å²) < 4.78 is 23.4. The van der Waals surface area contributed by atoms with Crippen LogP contribution in [0.3, 0.4) is 0 Å². The first kappa shape index (κ1) is 19.4. The summed E-state index contributed by atoms with van der Waals surface area (Å²) in [5.41, 5.74) is 2.06. The molecule has 0 radical (unpaired) electrons. The number of halogens is 1. The molecular formula is C20H19ClN2O3S. The molecule has 0 aliphatic carbocycles. The zero-order valence-corrected chi connectivity index (χ0v) is 16.2. The third kappa shape index (κ3) is 3.98. The Morgan fingerprint density at radius 1 is 1.04 bits per heavy atom. The number of H-pyrrole nitrogens is 1. The molecule has 0 aliphatic rings. The van der Waals surface area contributed by atoms with Crippen LogP contribution in [0.1, 0.15) is 34.2 Å². The van der Waals surface area contributed by atoms with Gasteiger partial charge in [0.1, 0.15) is 4.75 Å². The maximum atomic E-state index is 12.6. The smallest absolute Gasteiger partial charge is 0.219 e. The second-order valence-corrected chi connectivity index (χ2v) is 8.98. The largest absolute Gasteiger partial charge is 0.356 e. The van der Waals surface area contributed by atoms with Crippen molar-refractivity contribution in [3.8, 4) is 0 Å². The fourth-order valence-electron chi connectivity index (χ4n) is 2.95. The van der Waals surface area contributed by atoms with Crippen LogP contribution in [0.2, 0.25) is 5.02 Å². The summed E-state index contributed by atoms with van der Waals surface area (Å²) in [6.45, 7) is 1.58. The molecule has 0 fully saturated rings. The number of primary sulfonamides is 1. The van der Waals surface area contributed by atoms with Crippen molar-refractivity contribution in [1.82, 2.24) is 4.98 Å². The van der Waals surface area contributed by atoms with E-state index in [4.69, 9.17) is 16.7 Å². The average molecular weight is 403 g/mol. The van der Waals surface area contributed by atoms with Gasteiger partial charge in [0.05, 0.1) is 5.69 Å². The summed E-state index contributed by atoms with van der Waals surface area (Å²) in [6, 6.07) is 18.7. The van der Waals surface area contributed by atoms with Gasteiger partial charge in [0, 0.05) is 22.7 Å². The summed E-state index contributed by atoms with van der Waals surface area (Å²) in [5.74, 6) is -0.199. The average Bonchev–Trinajstić information content (AvgIpc) is 3.10. The van der Waals surface area contributed by atoms with E-state index in [0.717, 1.165) is 0 Å². The molecule has 1 unspecified atom stereocenters. The van der Waals surface area contributed by atoms with E-state index in [-0.39, 0.29) is 12.2 Å². The molecule has 0 aliphatic heterocycles. The van der Waals surface area contributed by atoms with Gasteiger partial charge in [-0.05, 0) is 48.9 Å². The lowest BCUT2D eigenvalue weighted by atomic mass is 9.95. The number of benzene rings is 2. The fourth-order valence-corrected chi connectivity index (χ4v) is 3.90. The number of hydrogen-bond acceptors (Lipinski definition) is 3. The Kier molecular flexibility index (Phi) is 5.24. The molecule has 0 spiro atoms. The second-order valence-electron chi connectivity index (χ2n) is 6.55. The molecular weight excluding hydrogens is 384 g/mol. The van der Waals surface area contributed by atoms with E-state index < -0.39 is 14.8 Å². The van der Waals surface area contributed by atoms with E-state index in [0.29, 0.717) is 27.5 Å². The fraction of sp³-hybridized carbons (Fsp3) is 0.150. The summed E-state index contributed by atoms with van der Waals surface area (Å²) >= 11 is 5.85. The Hall–Kier alpha value is -2.41. The van der Waals surface area contributed by atoms with Crippen LogP contribution < -0.4 is 5.14 Å². The molecule has 27 heavy (non-hydrogen) atoms. The molecule has 0 bridgehead atoms. The quantitative estimate of drug-likeness (QED) is 0.616. The molecule has 5 nitrogen and oxygen atoms in total. The van der Waals surface area contributed by atoms with Gasteiger partial charge in [-0.15, -0.1) is 0 Å². The van der Waals surface area contributed by atoms with Crippen LogP contribution in [0.5, 0.6) is 0 Å². The highest BCUT2D eigenvalue weighted by Crippen LogP contribution is 2.32. The lowest BCUT2D eigenvalue weighted by Crippen LogP contribution is -2.40. The van der Waals surface area contributed by atoms with E-state index >= 15 is 0 Å². The van der Waals surface area contributed by atoms with Crippen LogP contribution in [0.15, 0.2) is 66.7 Å². The predicted molar refractivity (Wildman–Crippen MR) is 106 cm³/mol. The molecule has 2 aromatic carbocycles. The molecule has 1 atom stereocenters. The SMILES string of the molecule is CC(Cc1ccc(C(=O)c2ccc(Cl)cc2)[nH]1)(c1ccccc1)S(N)(=O)=O. The van der Waals surface area contributed by atoms with E-state index in [1.807, 2.05) is 6.07 Å². The highest BCUT2D eigenvalue weighted by molar-refractivity contribution is 7.90. The maximum absolute atomic E-state index is 12.6. The number of hydrogen-bond donors (Lipinski definition) is 2. The van der Waals surface area contributed by atoms with E-state index in [1.54, 1.807) is 67.6 Å². The van der Waals surface area contributed by atoms with Gasteiger partial charge < -0.3 is 4.98 Å². The van der Waals surface area contributed by atoms with Crippen LogP contribution in [0.25, 0.3) is 0 Å². The number of nitrogens with one attached hydrogen (secondary N) is 1. The standard InChI is InChI=1S/C20H19ClN2O3S/c1-20(27(22,25)26,15-5-3-2-4-6-15)13-17-11-12-18(23-17)19(24)14-7-9-16(21)10-8-14/h2-12,23H,13H2,1H3,(H2,22,25,26). The molecule has 3 N–H and O–H groups in total. The zero-order chi connectivity index (χ0) is 19.7. The predicted octanol–water partition coefficient (Wildman–Crippen LogP) is 3.65. The van der Waals surface area contributed by atoms with Crippen molar-refractivity contribution >= 4 is 27.4 Å². The number of aromatic amines is 1. The molecule has 0 saturated carbocycles. The summed E-state index contributed by atoms with van der Waals surface area (Å²) in [7, 11) is -3.90. The van der Waals surface area contributed by atoms with Gasteiger partial charge in [0.15, 0.2) is 0 Å². The third-order valence-corrected chi connectivity index (χ3v) is 6.53. The van der Waals surface area contributed by atoms with Gasteiger partial charge in [0.2, 0.25) is 15.8 Å². The first-order valence-corrected chi connectivity index (χ1v) is 10.2. The van der Waals surface area contributed by atoms with Crippen molar-refractivity contribution in [3.05, 3.63) is 94.3 Å². The van der Waals surface area contributed by atoms with Crippen LogP contribution >= 0.6 is 11.6 Å². The summed E-state index contributed by atoms with van der Waals surface area (Å²) in [6.07, 6.45) is 0.115. The minimum atomic E-state index is -3.90. The topological polar surface area (TPSA) is 93.0 Å². The zero-order valence-electron chi connectivity index (χ0n) is 14.6. The van der Waals surface area contributed by atoms with Crippen LogP contribution in [0, 0.1) is 0 Å². The summed E-state index contributed by atoms with van der Waals surface area (Å²) in [4.78, 5) is 15.6. The minimum Gasteiger partial charge on any atom is -0.356 e. The molecule has 3 rings (SSSR count). The number of carbonyl (C=O) groups is 1. The van der Waals surface area contributed by atoms with Gasteiger partial charge in [0.25, 0.3) is 0 Å². The van der Waals surface area contributed by atoms with Crippen molar-refractivity contribution in [2.24, 2.45) is 5.14 Å². The Bertz CT molecular complexity index is 1060. The van der Waals surface area contributed by atoms with Gasteiger partial charge in [-0.3, -0.25) is 4.79 Å². The number of carbonyl (C=O) groups excluding carboxylic acids is 1. The van der Waals surface area contributed by atoms with E-state index in [1.165, 1.54) is 0 Å². The van der Waals surface area contributed by atoms with Crippen LogP contribution in [-0.2, 0) is 21.2 Å². The molecule has 0 amide bonds. The number of rotatable bonds is 6. The highest BCUT2D eigenvalue weighted by atomic mass is 35.5. The number of sulfonamides is 1. The van der Waals surface area contributed by atoms with Gasteiger partial charge in [-0.2, -0.15) is 0 Å².